The van der Waals surface area contributed by atoms with Gasteiger partial charge in [0.25, 0.3) is 0 Å². The minimum Gasteiger partial charge on any atom is -0.393 e. The molecule has 0 radical (unpaired) electrons. The Labute approximate surface area is 174 Å². The molecular formula is C26H34N2O. The monoisotopic (exact) mass is 390 g/mol. The topological polar surface area (TPSA) is 48.9 Å². The highest BCUT2D eigenvalue weighted by atomic mass is 16.3. The number of hydrogen-bond acceptors (Lipinski definition) is 2. The number of aromatic nitrogens is 2. The Morgan fingerprint density at radius 3 is 2.86 bits per heavy atom. The Hall–Kier alpha value is -1.61. The molecule has 154 valence electrons. The maximum atomic E-state index is 10.3. The summed E-state index contributed by atoms with van der Waals surface area (Å²) < 4.78 is 0. The lowest BCUT2D eigenvalue weighted by atomic mass is 9.44. The lowest BCUT2D eigenvalue weighted by Crippen LogP contribution is -2.53. The molecule has 0 aliphatic heterocycles. The summed E-state index contributed by atoms with van der Waals surface area (Å²) in [5.74, 6) is 3.25. The normalized spacial score (nSPS) is 44.1. The Bertz CT molecular complexity index is 976. The van der Waals surface area contributed by atoms with Crippen molar-refractivity contribution in [2.24, 2.45) is 34.5 Å². The van der Waals surface area contributed by atoms with Crippen LogP contribution in [0.1, 0.15) is 70.8 Å². The van der Waals surface area contributed by atoms with Crippen molar-refractivity contribution in [2.75, 3.05) is 0 Å². The third-order valence-corrected chi connectivity index (χ3v) is 9.97. The van der Waals surface area contributed by atoms with E-state index >= 15 is 0 Å². The molecule has 4 aliphatic rings. The lowest BCUT2D eigenvalue weighted by Gasteiger charge is -2.60. The minimum atomic E-state index is -0.0457. The van der Waals surface area contributed by atoms with Crippen LogP contribution in [0.5, 0.6) is 0 Å². The van der Waals surface area contributed by atoms with Crippen molar-refractivity contribution in [2.45, 2.75) is 71.3 Å². The number of nitrogens with one attached hydrogen (secondary N) is 1. The van der Waals surface area contributed by atoms with E-state index in [0.29, 0.717) is 10.8 Å². The van der Waals surface area contributed by atoms with Gasteiger partial charge in [0, 0.05) is 5.39 Å². The van der Waals surface area contributed by atoms with Crippen LogP contribution in [-0.2, 0) is 0 Å². The van der Waals surface area contributed by atoms with Crippen LogP contribution in [0.15, 0.2) is 30.5 Å². The standard InChI is InChI=1S/C26H34N2O/c1-25-11-9-19(29)14-18(25)5-6-20-22-8-7-21(26(22,2)12-10-23(20)25)16-3-4-17-15-27-28-24(17)13-16/h3-4,7,13,15,18-20,22-23,29H,5-6,8-12,14H2,1-2H3,(H,27,28)/t18-,19-,20-,22-,23-,25-,26+/m0/s1. The number of hydrogen-bond donors (Lipinski definition) is 2. The van der Waals surface area contributed by atoms with Crippen LogP contribution >= 0.6 is 0 Å². The number of H-pyrrole nitrogens is 1. The van der Waals surface area contributed by atoms with Crippen molar-refractivity contribution in [1.82, 2.24) is 10.2 Å². The highest BCUT2D eigenvalue weighted by Crippen LogP contribution is 2.67. The van der Waals surface area contributed by atoms with Gasteiger partial charge >= 0.3 is 0 Å². The largest absolute Gasteiger partial charge is 0.393 e. The first-order chi connectivity index (χ1) is 14.0. The molecule has 6 rings (SSSR count). The summed E-state index contributed by atoms with van der Waals surface area (Å²) in [5, 5.41) is 18.8. The average Bonchev–Trinajstić information content (AvgIpc) is 3.31. The predicted octanol–water partition coefficient (Wildman–Crippen LogP) is 5.96. The highest BCUT2D eigenvalue weighted by molar-refractivity contribution is 5.84. The summed E-state index contributed by atoms with van der Waals surface area (Å²) in [7, 11) is 0. The molecule has 3 heteroatoms. The number of rotatable bonds is 1. The molecule has 0 spiro atoms. The van der Waals surface area contributed by atoms with E-state index in [1.807, 2.05) is 6.20 Å². The Morgan fingerprint density at radius 1 is 1.07 bits per heavy atom. The van der Waals surface area contributed by atoms with E-state index in [4.69, 9.17) is 0 Å². The maximum Gasteiger partial charge on any atom is 0.0656 e. The first kappa shape index (κ1) is 18.2. The summed E-state index contributed by atoms with van der Waals surface area (Å²) in [4.78, 5) is 0. The van der Waals surface area contributed by atoms with Crippen LogP contribution in [0.4, 0.5) is 0 Å². The average molecular weight is 391 g/mol. The minimum absolute atomic E-state index is 0.0457. The van der Waals surface area contributed by atoms with Crippen LogP contribution < -0.4 is 0 Å². The van der Waals surface area contributed by atoms with Gasteiger partial charge < -0.3 is 5.11 Å². The summed E-state index contributed by atoms with van der Waals surface area (Å²) in [6.45, 7) is 5.14. The summed E-state index contributed by atoms with van der Waals surface area (Å²) >= 11 is 0. The number of aliphatic hydroxyl groups is 1. The number of benzene rings is 1. The molecule has 1 aromatic heterocycles. The van der Waals surface area contributed by atoms with Gasteiger partial charge in [-0.15, -0.1) is 0 Å². The van der Waals surface area contributed by atoms with E-state index in [0.717, 1.165) is 42.0 Å². The van der Waals surface area contributed by atoms with Crippen LogP contribution in [0.2, 0.25) is 0 Å². The summed E-state index contributed by atoms with van der Waals surface area (Å²) in [6.07, 6.45) is 14.4. The van der Waals surface area contributed by atoms with Crippen LogP contribution in [0, 0.1) is 34.5 Å². The SMILES string of the molecule is C[C@]12CC[C@H](O)C[C@@H]1CC[C@@H]1[C@@H]2CC[C@]2(C)C(c3ccc4cn[nH]c4c3)=CC[C@@H]12. The molecule has 0 saturated heterocycles. The van der Waals surface area contributed by atoms with Gasteiger partial charge in [-0.2, -0.15) is 5.10 Å². The summed E-state index contributed by atoms with van der Waals surface area (Å²) in [6, 6.07) is 6.84. The van der Waals surface area contributed by atoms with Crippen LogP contribution in [0.25, 0.3) is 16.5 Å². The van der Waals surface area contributed by atoms with Crippen molar-refractivity contribution in [3.8, 4) is 0 Å². The van der Waals surface area contributed by atoms with E-state index < -0.39 is 0 Å². The molecular weight excluding hydrogens is 356 g/mol. The van der Waals surface area contributed by atoms with Gasteiger partial charge in [-0.05, 0) is 103 Å². The van der Waals surface area contributed by atoms with Crippen LogP contribution in [-0.4, -0.2) is 21.4 Å². The van der Waals surface area contributed by atoms with Crippen molar-refractivity contribution in [3.63, 3.8) is 0 Å². The number of fused-ring (bicyclic) bond motifs is 6. The van der Waals surface area contributed by atoms with Crippen molar-refractivity contribution < 1.29 is 5.11 Å². The first-order valence-electron chi connectivity index (χ1n) is 11.8. The number of aromatic amines is 1. The predicted molar refractivity (Wildman–Crippen MR) is 117 cm³/mol. The van der Waals surface area contributed by atoms with Crippen molar-refractivity contribution in [1.29, 1.82) is 0 Å². The van der Waals surface area contributed by atoms with Gasteiger partial charge in [0.2, 0.25) is 0 Å². The van der Waals surface area contributed by atoms with Gasteiger partial charge in [0.1, 0.15) is 0 Å². The van der Waals surface area contributed by atoms with Gasteiger partial charge in [-0.3, -0.25) is 5.10 Å². The molecule has 2 aromatic rings. The molecule has 3 nitrogen and oxygen atoms in total. The van der Waals surface area contributed by atoms with E-state index in [-0.39, 0.29) is 6.10 Å². The number of nitrogens with zero attached hydrogens (tertiary/aromatic N) is 1. The third-order valence-electron chi connectivity index (χ3n) is 9.97. The molecule has 0 unspecified atom stereocenters. The molecule has 3 fully saturated rings. The second-order valence-electron chi connectivity index (χ2n) is 11.1. The Kier molecular flexibility index (Phi) is 3.89. The van der Waals surface area contributed by atoms with Gasteiger partial charge in [0.15, 0.2) is 0 Å². The molecule has 1 aromatic carbocycles. The molecule has 7 atom stereocenters. The molecule has 3 saturated carbocycles. The zero-order valence-electron chi connectivity index (χ0n) is 17.8. The van der Waals surface area contributed by atoms with Crippen LogP contribution in [0.3, 0.4) is 0 Å². The zero-order chi connectivity index (χ0) is 19.8. The van der Waals surface area contributed by atoms with Crippen molar-refractivity contribution >= 4 is 16.5 Å². The van der Waals surface area contributed by atoms with Gasteiger partial charge in [0.05, 0.1) is 17.8 Å². The van der Waals surface area contributed by atoms with E-state index in [2.05, 4.69) is 48.3 Å². The highest BCUT2D eigenvalue weighted by Gasteiger charge is 2.58. The van der Waals surface area contributed by atoms with Gasteiger partial charge in [-0.25, -0.2) is 0 Å². The molecule has 2 N–H and O–H groups in total. The first-order valence-corrected chi connectivity index (χ1v) is 11.8. The zero-order valence-corrected chi connectivity index (χ0v) is 17.8. The fraction of sp³-hybridized carbons (Fsp3) is 0.654. The van der Waals surface area contributed by atoms with Crippen molar-refractivity contribution in [3.05, 3.63) is 36.0 Å². The van der Waals surface area contributed by atoms with Gasteiger partial charge in [-0.1, -0.05) is 32.1 Å². The lowest BCUT2D eigenvalue weighted by molar-refractivity contribution is -0.115. The Morgan fingerprint density at radius 2 is 1.97 bits per heavy atom. The number of aliphatic hydroxyl groups excluding tert-OH is 1. The summed E-state index contributed by atoms with van der Waals surface area (Å²) in [5.41, 5.74) is 4.90. The molecule has 0 bridgehead atoms. The van der Waals surface area contributed by atoms with E-state index in [9.17, 15) is 5.11 Å². The maximum absolute atomic E-state index is 10.3. The molecule has 0 amide bonds. The van der Waals surface area contributed by atoms with E-state index in [1.54, 1.807) is 5.57 Å². The molecule has 1 heterocycles. The quantitative estimate of drug-likeness (QED) is 0.631. The second kappa shape index (κ2) is 6.20. The number of allylic oxidation sites excluding steroid dienone is 2. The van der Waals surface area contributed by atoms with E-state index in [1.165, 1.54) is 49.5 Å². The Balaban J connectivity index is 1.32. The molecule has 4 aliphatic carbocycles. The molecule has 29 heavy (non-hydrogen) atoms. The smallest absolute Gasteiger partial charge is 0.0656 e. The second-order valence-corrected chi connectivity index (χ2v) is 11.1. The third kappa shape index (κ3) is 2.49. The fourth-order valence-corrected chi connectivity index (χ4v) is 8.35. The fourth-order valence-electron chi connectivity index (χ4n) is 8.35.